The van der Waals surface area contributed by atoms with Crippen LogP contribution in [0.15, 0.2) is 42.5 Å². The second kappa shape index (κ2) is 10.3. The topological polar surface area (TPSA) is 66.5 Å². The first kappa shape index (κ1) is 23.3. The van der Waals surface area contributed by atoms with Crippen LogP contribution in [0, 0.1) is 13.8 Å². The minimum absolute atomic E-state index is 0.0496. The zero-order valence-corrected chi connectivity index (χ0v) is 19.7. The third-order valence-corrected chi connectivity index (χ3v) is 7.02. The van der Waals surface area contributed by atoms with Crippen LogP contribution in [0.25, 0.3) is 0 Å². The van der Waals surface area contributed by atoms with E-state index in [4.69, 9.17) is 0 Å². The minimum Gasteiger partial charge on any atom is -0.349 e. The van der Waals surface area contributed by atoms with E-state index in [0.29, 0.717) is 11.3 Å². The molecule has 1 N–H and O–H groups in total. The molecule has 0 bridgehead atoms. The molecule has 6 heteroatoms. The van der Waals surface area contributed by atoms with Crippen LogP contribution in [0.1, 0.15) is 72.0 Å². The lowest BCUT2D eigenvalue weighted by Crippen LogP contribution is -2.35. The highest BCUT2D eigenvalue weighted by Crippen LogP contribution is 2.24. The standard InChI is InChI=1S/C25H34N2O3S/c1-19-15-20(2)17-24(16-19)27(31(3,29)30)18-21-11-13-22(14-12-21)25(28)26-23-9-7-5-4-6-8-10-23/h11-17,23H,4-10,18H2,1-3H3,(H,26,28). The average Bonchev–Trinajstić information content (AvgIpc) is 2.66. The van der Waals surface area contributed by atoms with Gasteiger partial charge in [-0.25, -0.2) is 8.42 Å². The molecule has 0 aliphatic heterocycles. The first-order chi connectivity index (χ1) is 14.7. The highest BCUT2D eigenvalue weighted by molar-refractivity contribution is 7.92. The summed E-state index contributed by atoms with van der Waals surface area (Å²) in [6.07, 6.45) is 9.45. The largest absolute Gasteiger partial charge is 0.349 e. The Morgan fingerprint density at radius 3 is 2.03 bits per heavy atom. The van der Waals surface area contributed by atoms with Gasteiger partial charge in [-0.2, -0.15) is 0 Å². The highest BCUT2D eigenvalue weighted by Gasteiger charge is 2.19. The van der Waals surface area contributed by atoms with Crippen LogP contribution in [0.2, 0.25) is 0 Å². The van der Waals surface area contributed by atoms with E-state index in [1.165, 1.54) is 42.7 Å². The monoisotopic (exact) mass is 442 g/mol. The lowest BCUT2D eigenvalue weighted by atomic mass is 9.96. The number of carbonyl (C=O) groups excluding carboxylic acids is 1. The number of nitrogens with zero attached hydrogens (tertiary/aromatic N) is 1. The van der Waals surface area contributed by atoms with Crippen molar-refractivity contribution in [3.05, 3.63) is 64.7 Å². The van der Waals surface area contributed by atoms with Gasteiger partial charge in [0.1, 0.15) is 0 Å². The van der Waals surface area contributed by atoms with Crippen LogP contribution in [-0.4, -0.2) is 26.6 Å². The Morgan fingerprint density at radius 2 is 1.48 bits per heavy atom. The van der Waals surface area contributed by atoms with Crippen molar-refractivity contribution in [2.24, 2.45) is 0 Å². The summed E-state index contributed by atoms with van der Waals surface area (Å²) in [7, 11) is -3.45. The maximum absolute atomic E-state index is 12.7. The zero-order chi connectivity index (χ0) is 22.4. The van der Waals surface area contributed by atoms with Gasteiger partial charge in [0.2, 0.25) is 10.0 Å². The van der Waals surface area contributed by atoms with E-state index in [0.717, 1.165) is 29.5 Å². The number of hydrogen-bond donors (Lipinski definition) is 1. The summed E-state index contributed by atoms with van der Waals surface area (Å²) in [6, 6.07) is 13.3. The Balaban J connectivity index is 1.71. The van der Waals surface area contributed by atoms with E-state index in [1.807, 2.05) is 44.2 Å². The van der Waals surface area contributed by atoms with Gasteiger partial charge in [-0.1, -0.05) is 50.3 Å². The summed E-state index contributed by atoms with van der Waals surface area (Å²) in [5.74, 6) is -0.0496. The predicted molar refractivity (Wildman–Crippen MR) is 127 cm³/mol. The Morgan fingerprint density at radius 1 is 0.935 bits per heavy atom. The van der Waals surface area contributed by atoms with Crippen LogP contribution in [-0.2, 0) is 16.6 Å². The fraction of sp³-hybridized carbons (Fsp3) is 0.480. The van der Waals surface area contributed by atoms with E-state index < -0.39 is 10.0 Å². The molecule has 0 atom stereocenters. The smallest absolute Gasteiger partial charge is 0.251 e. The van der Waals surface area contributed by atoms with E-state index >= 15 is 0 Å². The highest BCUT2D eigenvalue weighted by atomic mass is 32.2. The van der Waals surface area contributed by atoms with Gasteiger partial charge < -0.3 is 5.32 Å². The molecule has 1 aliphatic rings. The van der Waals surface area contributed by atoms with Crippen LogP contribution >= 0.6 is 0 Å². The van der Waals surface area contributed by atoms with Gasteiger partial charge in [0.25, 0.3) is 5.91 Å². The Bertz CT molecular complexity index is 972. The molecule has 0 radical (unpaired) electrons. The van der Waals surface area contributed by atoms with Crippen molar-refractivity contribution < 1.29 is 13.2 Å². The van der Waals surface area contributed by atoms with Crippen LogP contribution in [0.5, 0.6) is 0 Å². The molecule has 0 unspecified atom stereocenters. The third kappa shape index (κ3) is 6.82. The van der Waals surface area contributed by atoms with Crippen molar-refractivity contribution in [2.45, 2.75) is 71.4 Å². The second-order valence-electron chi connectivity index (χ2n) is 8.83. The van der Waals surface area contributed by atoms with Crippen molar-refractivity contribution >= 4 is 21.6 Å². The first-order valence-electron chi connectivity index (χ1n) is 11.2. The number of aryl methyl sites for hydroxylation is 2. The summed E-state index contributed by atoms with van der Waals surface area (Å²) in [5.41, 5.74) is 4.15. The molecule has 1 fully saturated rings. The summed E-state index contributed by atoms with van der Waals surface area (Å²) in [5, 5.41) is 3.18. The van der Waals surface area contributed by atoms with Crippen molar-refractivity contribution in [1.29, 1.82) is 0 Å². The molecule has 0 spiro atoms. The molecule has 3 rings (SSSR count). The SMILES string of the molecule is Cc1cc(C)cc(N(Cc2ccc(C(=O)NC3CCCCCCC3)cc2)S(C)(=O)=O)c1. The molecule has 1 aliphatic carbocycles. The van der Waals surface area contributed by atoms with Crippen molar-refractivity contribution in [3.63, 3.8) is 0 Å². The van der Waals surface area contributed by atoms with Gasteiger partial charge >= 0.3 is 0 Å². The number of sulfonamides is 1. The Labute approximate surface area is 186 Å². The average molecular weight is 443 g/mol. The summed E-state index contributed by atoms with van der Waals surface area (Å²) < 4.78 is 26.4. The third-order valence-electron chi connectivity index (χ3n) is 5.88. The summed E-state index contributed by atoms with van der Waals surface area (Å²) in [4.78, 5) is 12.7. The minimum atomic E-state index is -3.45. The Kier molecular flexibility index (Phi) is 7.76. The molecule has 0 heterocycles. The Hall–Kier alpha value is -2.34. The van der Waals surface area contributed by atoms with Gasteiger partial charge in [0, 0.05) is 11.6 Å². The van der Waals surface area contributed by atoms with Gasteiger partial charge in [-0.3, -0.25) is 9.10 Å². The summed E-state index contributed by atoms with van der Waals surface area (Å²) >= 11 is 0. The molecule has 1 amide bonds. The van der Waals surface area contributed by atoms with Crippen LogP contribution in [0.4, 0.5) is 5.69 Å². The maximum Gasteiger partial charge on any atom is 0.251 e. The van der Waals surface area contributed by atoms with Crippen molar-refractivity contribution in [1.82, 2.24) is 5.32 Å². The molecular weight excluding hydrogens is 408 g/mol. The quantitative estimate of drug-likeness (QED) is 0.676. The zero-order valence-electron chi connectivity index (χ0n) is 18.9. The number of benzene rings is 2. The van der Waals surface area contributed by atoms with Crippen molar-refractivity contribution in [3.8, 4) is 0 Å². The molecular formula is C25H34N2O3S. The molecule has 1 saturated carbocycles. The fourth-order valence-electron chi connectivity index (χ4n) is 4.29. The molecule has 168 valence electrons. The lowest BCUT2D eigenvalue weighted by Gasteiger charge is -2.24. The summed E-state index contributed by atoms with van der Waals surface area (Å²) in [6.45, 7) is 4.15. The lowest BCUT2D eigenvalue weighted by molar-refractivity contribution is 0.0930. The van der Waals surface area contributed by atoms with Crippen molar-refractivity contribution in [2.75, 3.05) is 10.6 Å². The number of anilines is 1. The van der Waals surface area contributed by atoms with Gasteiger partial charge in [0.05, 0.1) is 18.5 Å². The molecule has 31 heavy (non-hydrogen) atoms. The molecule has 2 aromatic carbocycles. The number of carbonyl (C=O) groups is 1. The van der Waals surface area contributed by atoms with E-state index in [1.54, 1.807) is 12.1 Å². The van der Waals surface area contributed by atoms with Gasteiger partial charge in [0.15, 0.2) is 0 Å². The van der Waals surface area contributed by atoms with Crippen LogP contribution in [0.3, 0.4) is 0 Å². The van der Waals surface area contributed by atoms with E-state index in [2.05, 4.69) is 5.32 Å². The maximum atomic E-state index is 12.7. The van der Waals surface area contributed by atoms with Gasteiger partial charge in [-0.15, -0.1) is 0 Å². The fourth-order valence-corrected chi connectivity index (χ4v) is 5.16. The van der Waals surface area contributed by atoms with Crippen LogP contribution < -0.4 is 9.62 Å². The number of hydrogen-bond acceptors (Lipinski definition) is 3. The molecule has 0 aromatic heterocycles. The normalized spacial score (nSPS) is 15.7. The number of nitrogens with one attached hydrogen (secondary N) is 1. The predicted octanol–water partition coefficient (Wildman–Crippen LogP) is 5.11. The number of amides is 1. The van der Waals surface area contributed by atoms with E-state index in [9.17, 15) is 13.2 Å². The molecule has 5 nitrogen and oxygen atoms in total. The molecule has 2 aromatic rings. The molecule has 0 saturated heterocycles. The number of rotatable bonds is 6. The first-order valence-corrected chi connectivity index (χ1v) is 13.0. The van der Waals surface area contributed by atoms with Gasteiger partial charge in [-0.05, 0) is 67.6 Å². The van der Waals surface area contributed by atoms with E-state index in [-0.39, 0.29) is 18.5 Å². The second-order valence-corrected chi connectivity index (χ2v) is 10.7.